The van der Waals surface area contributed by atoms with Gasteiger partial charge in [0.1, 0.15) is 5.67 Å². The van der Waals surface area contributed by atoms with Crippen molar-refractivity contribution in [3.8, 4) is 0 Å². The van der Waals surface area contributed by atoms with Crippen LogP contribution in [0.4, 0.5) is 4.39 Å². The van der Waals surface area contributed by atoms with E-state index < -0.39 is 5.67 Å². The molecule has 1 aliphatic carbocycles. The van der Waals surface area contributed by atoms with E-state index in [2.05, 4.69) is 6.92 Å². The van der Waals surface area contributed by atoms with E-state index >= 15 is 0 Å². The van der Waals surface area contributed by atoms with Crippen molar-refractivity contribution >= 4 is 0 Å². The Balaban J connectivity index is 2.34. The van der Waals surface area contributed by atoms with Crippen molar-refractivity contribution in [2.75, 3.05) is 0 Å². The van der Waals surface area contributed by atoms with Crippen molar-refractivity contribution in [2.45, 2.75) is 51.2 Å². The maximum absolute atomic E-state index is 13.7. The van der Waals surface area contributed by atoms with Gasteiger partial charge >= 0.3 is 0 Å². The number of hydrogen-bond donors (Lipinski definition) is 1. The third kappa shape index (κ3) is 1.73. The molecule has 0 aromatic carbocycles. The maximum Gasteiger partial charge on any atom is 0.116 e. The van der Waals surface area contributed by atoms with Crippen molar-refractivity contribution in [3.63, 3.8) is 0 Å². The van der Waals surface area contributed by atoms with Gasteiger partial charge in [0, 0.05) is 6.04 Å². The van der Waals surface area contributed by atoms with E-state index in [9.17, 15) is 4.39 Å². The van der Waals surface area contributed by atoms with Gasteiger partial charge in [0.05, 0.1) is 0 Å². The third-order valence-corrected chi connectivity index (χ3v) is 2.81. The molecule has 0 saturated heterocycles. The fourth-order valence-electron chi connectivity index (χ4n) is 1.91. The van der Waals surface area contributed by atoms with Gasteiger partial charge < -0.3 is 5.73 Å². The van der Waals surface area contributed by atoms with E-state index in [4.69, 9.17) is 5.73 Å². The first kappa shape index (κ1) is 8.98. The summed E-state index contributed by atoms with van der Waals surface area (Å²) in [5.74, 6) is 0.201. The second-order valence-electron chi connectivity index (χ2n) is 3.89. The Hall–Kier alpha value is -0.110. The van der Waals surface area contributed by atoms with Crippen LogP contribution in [0.15, 0.2) is 0 Å². The lowest BCUT2D eigenvalue weighted by Gasteiger charge is -2.43. The second kappa shape index (κ2) is 3.10. The minimum atomic E-state index is -0.921. The third-order valence-electron chi connectivity index (χ3n) is 2.81. The van der Waals surface area contributed by atoms with E-state index in [1.807, 2.05) is 6.92 Å². The van der Waals surface area contributed by atoms with Gasteiger partial charge in [-0.1, -0.05) is 20.3 Å². The molecule has 1 rings (SSSR count). The number of hydrogen-bond acceptors (Lipinski definition) is 1. The smallest absolute Gasteiger partial charge is 0.116 e. The Bertz CT molecular complexity index is 130. The van der Waals surface area contributed by atoms with Crippen LogP contribution in [0.1, 0.15) is 39.5 Å². The zero-order valence-electron chi connectivity index (χ0n) is 7.44. The van der Waals surface area contributed by atoms with Crippen LogP contribution in [0.2, 0.25) is 0 Å². The molecule has 0 heterocycles. The average molecular weight is 159 g/mol. The van der Waals surface area contributed by atoms with Gasteiger partial charge in [-0.2, -0.15) is 0 Å². The molecule has 1 unspecified atom stereocenters. The Labute approximate surface area is 68.2 Å². The predicted molar refractivity (Wildman–Crippen MR) is 45.1 cm³/mol. The molecule has 0 radical (unpaired) electrons. The SMILES string of the molecule is CCCC(C)C1(F)CC(N)C1. The van der Waals surface area contributed by atoms with Crippen LogP contribution in [0.25, 0.3) is 0 Å². The molecule has 0 bridgehead atoms. The summed E-state index contributed by atoms with van der Waals surface area (Å²) < 4.78 is 13.7. The summed E-state index contributed by atoms with van der Waals surface area (Å²) in [6, 6.07) is 0.124. The summed E-state index contributed by atoms with van der Waals surface area (Å²) >= 11 is 0. The van der Waals surface area contributed by atoms with Gasteiger partial charge in [0.15, 0.2) is 0 Å². The molecule has 2 N–H and O–H groups in total. The molecule has 0 amide bonds. The Morgan fingerprint density at radius 3 is 2.55 bits per heavy atom. The summed E-state index contributed by atoms with van der Waals surface area (Å²) in [7, 11) is 0. The molecule has 11 heavy (non-hydrogen) atoms. The highest BCUT2D eigenvalue weighted by Crippen LogP contribution is 2.42. The summed E-state index contributed by atoms with van der Waals surface area (Å²) in [5.41, 5.74) is 4.63. The highest BCUT2D eigenvalue weighted by Gasteiger charge is 2.46. The summed E-state index contributed by atoms with van der Waals surface area (Å²) in [6.45, 7) is 4.09. The molecule has 1 nitrogen and oxygen atoms in total. The fourth-order valence-corrected chi connectivity index (χ4v) is 1.91. The first-order chi connectivity index (χ1) is 5.08. The van der Waals surface area contributed by atoms with Crippen LogP contribution in [-0.2, 0) is 0 Å². The van der Waals surface area contributed by atoms with Crippen molar-refractivity contribution in [1.82, 2.24) is 0 Å². The molecule has 2 heteroatoms. The zero-order chi connectivity index (χ0) is 8.48. The average Bonchev–Trinajstić information content (AvgIpc) is 1.85. The Morgan fingerprint density at radius 1 is 1.64 bits per heavy atom. The molecule has 0 aromatic rings. The van der Waals surface area contributed by atoms with Crippen molar-refractivity contribution in [3.05, 3.63) is 0 Å². The molecule has 0 aliphatic heterocycles. The van der Waals surface area contributed by atoms with E-state index in [1.54, 1.807) is 0 Å². The van der Waals surface area contributed by atoms with Crippen LogP contribution in [-0.4, -0.2) is 11.7 Å². The van der Waals surface area contributed by atoms with Gasteiger partial charge in [-0.25, -0.2) is 4.39 Å². The quantitative estimate of drug-likeness (QED) is 0.671. The van der Waals surface area contributed by atoms with E-state index in [0.29, 0.717) is 12.8 Å². The summed E-state index contributed by atoms with van der Waals surface area (Å²) in [5, 5.41) is 0. The lowest BCUT2D eigenvalue weighted by Crippen LogP contribution is -2.52. The van der Waals surface area contributed by atoms with Crippen LogP contribution < -0.4 is 5.73 Å². The monoisotopic (exact) mass is 159 g/mol. The lowest BCUT2D eigenvalue weighted by molar-refractivity contribution is -0.0123. The molecular weight excluding hydrogens is 141 g/mol. The number of rotatable bonds is 3. The first-order valence-corrected chi connectivity index (χ1v) is 4.53. The zero-order valence-corrected chi connectivity index (χ0v) is 7.44. The summed E-state index contributed by atoms with van der Waals surface area (Å²) in [4.78, 5) is 0. The second-order valence-corrected chi connectivity index (χ2v) is 3.89. The largest absolute Gasteiger partial charge is 0.327 e. The fraction of sp³-hybridized carbons (Fsp3) is 1.00. The maximum atomic E-state index is 13.7. The van der Waals surface area contributed by atoms with E-state index in [1.165, 1.54) is 0 Å². The van der Waals surface area contributed by atoms with Crippen LogP contribution in [0, 0.1) is 5.92 Å². The molecule has 0 spiro atoms. The predicted octanol–water partition coefficient (Wildman–Crippen LogP) is 2.25. The Kier molecular flexibility index (Phi) is 2.53. The molecule has 1 saturated carbocycles. The van der Waals surface area contributed by atoms with E-state index in [-0.39, 0.29) is 12.0 Å². The highest BCUT2D eigenvalue weighted by molar-refractivity contribution is 4.99. The minimum Gasteiger partial charge on any atom is -0.327 e. The summed E-state index contributed by atoms with van der Waals surface area (Å²) in [6.07, 6.45) is 3.22. The molecule has 0 aromatic heterocycles. The standard InChI is InChI=1S/C9H18FN/c1-3-4-7(2)9(10)5-8(11)6-9/h7-8H,3-6,11H2,1-2H3. The van der Waals surface area contributed by atoms with Crippen molar-refractivity contribution in [2.24, 2.45) is 11.7 Å². The van der Waals surface area contributed by atoms with Gasteiger partial charge in [-0.15, -0.1) is 0 Å². The van der Waals surface area contributed by atoms with Gasteiger partial charge in [-0.3, -0.25) is 0 Å². The van der Waals surface area contributed by atoms with Crippen LogP contribution in [0.5, 0.6) is 0 Å². The number of nitrogens with two attached hydrogens (primary N) is 1. The van der Waals surface area contributed by atoms with Crippen molar-refractivity contribution in [1.29, 1.82) is 0 Å². The number of alkyl halides is 1. The minimum absolute atomic E-state index is 0.124. The molecule has 1 fully saturated rings. The molecular formula is C9H18FN. The molecule has 1 aliphatic rings. The normalized spacial score (nSPS) is 39.8. The van der Waals surface area contributed by atoms with Gasteiger partial charge in [-0.05, 0) is 25.2 Å². The van der Waals surface area contributed by atoms with Crippen LogP contribution in [0.3, 0.4) is 0 Å². The number of halogens is 1. The topological polar surface area (TPSA) is 26.0 Å². The van der Waals surface area contributed by atoms with E-state index in [0.717, 1.165) is 12.8 Å². The van der Waals surface area contributed by atoms with Gasteiger partial charge in [0.2, 0.25) is 0 Å². The lowest BCUT2D eigenvalue weighted by atomic mass is 9.69. The molecule has 66 valence electrons. The van der Waals surface area contributed by atoms with Gasteiger partial charge in [0.25, 0.3) is 0 Å². The highest BCUT2D eigenvalue weighted by atomic mass is 19.1. The Morgan fingerprint density at radius 2 is 2.18 bits per heavy atom. The first-order valence-electron chi connectivity index (χ1n) is 4.53. The van der Waals surface area contributed by atoms with Crippen LogP contribution >= 0.6 is 0 Å². The molecule has 1 atom stereocenters. The van der Waals surface area contributed by atoms with Crippen molar-refractivity contribution < 1.29 is 4.39 Å².